The fourth-order valence-corrected chi connectivity index (χ4v) is 5.03. The van der Waals surface area contributed by atoms with Crippen LogP contribution in [0.1, 0.15) is 39.5 Å². The van der Waals surface area contributed by atoms with Crippen molar-refractivity contribution >= 4 is 17.5 Å². The maximum Gasteiger partial charge on any atom is 0.262 e. The molecule has 0 saturated carbocycles. The fraction of sp³-hybridized carbons (Fsp3) is 0.323. The maximum atomic E-state index is 14.7. The van der Waals surface area contributed by atoms with Crippen LogP contribution >= 0.6 is 0 Å². The molecule has 0 bridgehead atoms. The minimum atomic E-state index is -0.525. The zero-order chi connectivity index (χ0) is 28.1. The Kier molecular flexibility index (Phi) is 8.62. The van der Waals surface area contributed by atoms with Crippen LogP contribution < -0.4 is 0 Å². The Morgan fingerprint density at radius 2 is 1.75 bits per heavy atom. The average Bonchev–Trinajstić information content (AvgIpc) is 3.41. The zero-order valence-electron chi connectivity index (χ0n) is 22.4. The van der Waals surface area contributed by atoms with Crippen LogP contribution in [0.2, 0.25) is 0 Å². The van der Waals surface area contributed by atoms with Gasteiger partial charge in [-0.3, -0.25) is 14.5 Å². The first-order chi connectivity index (χ1) is 19.4. The van der Waals surface area contributed by atoms with E-state index in [1.165, 1.54) is 40.2 Å². The van der Waals surface area contributed by atoms with Crippen LogP contribution in [-0.4, -0.2) is 78.3 Å². The molecule has 0 aliphatic carbocycles. The molecular formula is C31H32F2N4O3. The first-order valence-electron chi connectivity index (χ1n) is 13.4. The van der Waals surface area contributed by atoms with Gasteiger partial charge in [0.1, 0.15) is 18.2 Å². The first-order valence-corrected chi connectivity index (χ1v) is 13.4. The summed E-state index contributed by atoms with van der Waals surface area (Å²) in [6.07, 6.45) is 0.335. The summed E-state index contributed by atoms with van der Waals surface area (Å²) in [5.41, 5.74) is 2.92. The number of amides is 2. The molecule has 0 N–H and O–H groups in total. The summed E-state index contributed by atoms with van der Waals surface area (Å²) in [5, 5.41) is 5.95. The number of rotatable bonds is 8. The third-order valence-corrected chi connectivity index (χ3v) is 7.29. The highest BCUT2D eigenvalue weighted by Gasteiger charge is 2.35. The van der Waals surface area contributed by atoms with Crippen molar-refractivity contribution in [3.8, 4) is 0 Å². The van der Waals surface area contributed by atoms with Crippen molar-refractivity contribution in [3.05, 3.63) is 107 Å². The largest absolute Gasteiger partial charge is 0.379 e. The Balaban J connectivity index is 1.42. The topological polar surface area (TPSA) is 65.5 Å². The molecule has 2 amide bonds. The van der Waals surface area contributed by atoms with E-state index in [0.717, 1.165) is 24.2 Å². The van der Waals surface area contributed by atoms with E-state index >= 15 is 0 Å². The van der Waals surface area contributed by atoms with Gasteiger partial charge in [0, 0.05) is 43.7 Å². The zero-order valence-corrected chi connectivity index (χ0v) is 22.4. The third-order valence-electron chi connectivity index (χ3n) is 7.29. The number of nitrogens with zero attached hydrogens (tertiary/aromatic N) is 4. The minimum Gasteiger partial charge on any atom is -0.379 e. The van der Waals surface area contributed by atoms with Crippen molar-refractivity contribution in [1.82, 2.24) is 14.8 Å². The Morgan fingerprint density at radius 3 is 2.48 bits per heavy atom. The third kappa shape index (κ3) is 6.43. The summed E-state index contributed by atoms with van der Waals surface area (Å²) in [7, 11) is 0. The number of hydrogen-bond acceptors (Lipinski definition) is 5. The van der Waals surface area contributed by atoms with Crippen LogP contribution in [-0.2, 0) is 9.53 Å². The molecule has 0 aromatic heterocycles. The van der Waals surface area contributed by atoms with Gasteiger partial charge in [0.2, 0.25) is 0 Å². The van der Waals surface area contributed by atoms with Crippen molar-refractivity contribution in [2.24, 2.45) is 5.10 Å². The summed E-state index contributed by atoms with van der Waals surface area (Å²) in [6, 6.07) is 19.2. The van der Waals surface area contributed by atoms with Crippen LogP contribution in [0.15, 0.2) is 77.9 Å². The molecule has 1 unspecified atom stereocenters. The molecule has 1 saturated heterocycles. The fourth-order valence-electron chi connectivity index (χ4n) is 5.03. The van der Waals surface area contributed by atoms with Crippen molar-refractivity contribution in [1.29, 1.82) is 0 Å². The number of carbonyl (C=O) groups excluding carboxylic acids is 2. The highest BCUT2D eigenvalue weighted by molar-refractivity contribution is 6.04. The number of ether oxygens (including phenoxy) is 1. The molecule has 1 atom stereocenters. The molecule has 2 heterocycles. The van der Waals surface area contributed by atoms with Gasteiger partial charge in [-0.25, -0.2) is 13.8 Å². The first kappa shape index (κ1) is 27.6. The van der Waals surface area contributed by atoms with Crippen molar-refractivity contribution in [2.75, 3.05) is 45.9 Å². The van der Waals surface area contributed by atoms with Gasteiger partial charge in [0.25, 0.3) is 11.8 Å². The number of halogens is 2. The minimum absolute atomic E-state index is 0.168. The summed E-state index contributed by atoms with van der Waals surface area (Å²) < 4.78 is 34.1. The Labute approximate surface area is 232 Å². The molecule has 40 heavy (non-hydrogen) atoms. The lowest BCUT2D eigenvalue weighted by atomic mass is 9.97. The molecule has 9 heteroatoms. The van der Waals surface area contributed by atoms with E-state index in [1.807, 2.05) is 31.2 Å². The van der Waals surface area contributed by atoms with E-state index in [4.69, 9.17) is 4.74 Å². The van der Waals surface area contributed by atoms with Gasteiger partial charge in [-0.1, -0.05) is 54.1 Å². The molecule has 2 aliphatic rings. The summed E-state index contributed by atoms with van der Waals surface area (Å²) in [4.78, 5) is 31.0. The van der Waals surface area contributed by atoms with Crippen molar-refractivity contribution in [2.45, 2.75) is 19.4 Å². The predicted octanol–water partition coefficient (Wildman–Crippen LogP) is 4.43. The molecule has 7 nitrogen and oxygen atoms in total. The highest BCUT2D eigenvalue weighted by atomic mass is 19.1. The van der Waals surface area contributed by atoms with Crippen molar-refractivity contribution < 1.29 is 23.1 Å². The number of morpholine rings is 1. The molecule has 0 spiro atoms. The number of carbonyl (C=O) groups is 2. The van der Waals surface area contributed by atoms with E-state index < -0.39 is 29.5 Å². The second-order valence-electron chi connectivity index (χ2n) is 10.1. The molecule has 3 aromatic carbocycles. The number of aryl methyl sites for hydroxylation is 1. The number of hydrazone groups is 1. The quantitative estimate of drug-likeness (QED) is 0.420. The second-order valence-corrected chi connectivity index (χ2v) is 10.1. The standard InChI is InChI=1S/C31H32F2N4O3/c1-22-9-11-23(12-10-22)29-20-28(26-7-2-3-8-27(26)33)34-37(29)30(38)21-36(14-13-35-15-17-40-18-16-35)31(39)24-5-4-6-25(32)19-24/h2-12,19,29H,13-18,20-21H2,1H3. The van der Waals surface area contributed by atoms with E-state index in [0.29, 0.717) is 37.5 Å². The van der Waals surface area contributed by atoms with Gasteiger partial charge in [-0.05, 0) is 36.8 Å². The van der Waals surface area contributed by atoms with Crippen LogP contribution in [0.25, 0.3) is 0 Å². The van der Waals surface area contributed by atoms with E-state index in [1.54, 1.807) is 18.2 Å². The second kappa shape index (κ2) is 12.5. The Bertz CT molecular complexity index is 1390. The lowest BCUT2D eigenvalue weighted by Crippen LogP contribution is -2.46. The Morgan fingerprint density at radius 1 is 1.00 bits per heavy atom. The van der Waals surface area contributed by atoms with Crippen LogP contribution in [0.4, 0.5) is 8.78 Å². The molecule has 5 rings (SSSR count). The molecule has 0 radical (unpaired) electrons. The highest BCUT2D eigenvalue weighted by Crippen LogP contribution is 2.33. The predicted molar refractivity (Wildman–Crippen MR) is 148 cm³/mol. The molecule has 2 aliphatic heterocycles. The molecular weight excluding hydrogens is 514 g/mol. The number of hydrogen-bond donors (Lipinski definition) is 0. The monoisotopic (exact) mass is 546 g/mol. The smallest absolute Gasteiger partial charge is 0.262 e. The normalized spacial score (nSPS) is 17.5. The van der Waals surface area contributed by atoms with Gasteiger partial charge < -0.3 is 9.64 Å². The Hall–Kier alpha value is -3.95. The SMILES string of the molecule is Cc1ccc(C2CC(c3ccccc3F)=NN2C(=O)CN(CCN2CCOCC2)C(=O)c2cccc(F)c2)cc1. The van der Waals surface area contributed by atoms with E-state index in [-0.39, 0.29) is 18.7 Å². The molecule has 3 aromatic rings. The summed E-state index contributed by atoms with van der Waals surface area (Å²) in [6.45, 7) is 5.22. The summed E-state index contributed by atoms with van der Waals surface area (Å²) in [5.74, 6) is -1.77. The van der Waals surface area contributed by atoms with Gasteiger partial charge in [-0.2, -0.15) is 5.10 Å². The van der Waals surface area contributed by atoms with E-state index in [9.17, 15) is 18.4 Å². The van der Waals surface area contributed by atoms with Crippen LogP contribution in [0.3, 0.4) is 0 Å². The molecule has 1 fully saturated rings. The van der Waals surface area contributed by atoms with Crippen molar-refractivity contribution in [3.63, 3.8) is 0 Å². The van der Waals surface area contributed by atoms with Crippen LogP contribution in [0, 0.1) is 18.6 Å². The summed E-state index contributed by atoms with van der Waals surface area (Å²) >= 11 is 0. The molecule has 208 valence electrons. The average molecular weight is 547 g/mol. The lowest BCUT2D eigenvalue weighted by Gasteiger charge is -2.31. The van der Waals surface area contributed by atoms with Crippen LogP contribution in [0.5, 0.6) is 0 Å². The van der Waals surface area contributed by atoms with E-state index in [2.05, 4.69) is 10.0 Å². The van der Waals surface area contributed by atoms with Gasteiger partial charge in [0.15, 0.2) is 0 Å². The maximum absolute atomic E-state index is 14.7. The lowest BCUT2D eigenvalue weighted by molar-refractivity contribution is -0.133. The van der Waals surface area contributed by atoms with Gasteiger partial charge in [-0.15, -0.1) is 0 Å². The van der Waals surface area contributed by atoms with Gasteiger partial charge in [0.05, 0.1) is 25.0 Å². The number of benzene rings is 3. The van der Waals surface area contributed by atoms with Gasteiger partial charge >= 0.3 is 0 Å².